The number of aliphatic hydroxyl groups excluding tert-OH is 1. The minimum atomic E-state index is -0.659. The van der Waals surface area contributed by atoms with Gasteiger partial charge in [0.05, 0.1) is 18.7 Å². The molecular formula is C23H26N2O4. The summed E-state index contributed by atoms with van der Waals surface area (Å²) in [5.41, 5.74) is 2.99. The molecule has 1 aromatic carbocycles. The van der Waals surface area contributed by atoms with Crippen LogP contribution in [0.25, 0.3) is 5.76 Å². The van der Waals surface area contributed by atoms with E-state index in [2.05, 4.69) is 4.98 Å². The second kappa shape index (κ2) is 8.47. The van der Waals surface area contributed by atoms with Crippen LogP contribution in [-0.2, 0) is 9.59 Å². The number of ketones is 1. The zero-order valence-corrected chi connectivity index (χ0v) is 17.2. The highest BCUT2D eigenvalue weighted by Crippen LogP contribution is 2.40. The van der Waals surface area contributed by atoms with E-state index in [4.69, 9.17) is 4.74 Å². The number of methoxy groups -OCH3 is 1. The molecule has 1 aromatic heterocycles. The third-order valence-electron chi connectivity index (χ3n) is 5.31. The summed E-state index contributed by atoms with van der Waals surface area (Å²) in [7, 11) is 1.59. The van der Waals surface area contributed by atoms with Crippen molar-refractivity contribution < 1.29 is 19.4 Å². The van der Waals surface area contributed by atoms with Crippen molar-refractivity contribution in [2.45, 2.75) is 39.7 Å². The van der Waals surface area contributed by atoms with Gasteiger partial charge in [0.25, 0.3) is 11.7 Å². The Morgan fingerprint density at radius 2 is 1.86 bits per heavy atom. The largest absolute Gasteiger partial charge is 0.507 e. The predicted octanol–water partition coefficient (Wildman–Crippen LogP) is 3.93. The van der Waals surface area contributed by atoms with Crippen LogP contribution in [0.2, 0.25) is 0 Å². The van der Waals surface area contributed by atoms with Gasteiger partial charge in [-0.2, -0.15) is 0 Å². The Morgan fingerprint density at radius 1 is 1.17 bits per heavy atom. The average molecular weight is 394 g/mol. The molecule has 1 N–H and O–H groups in total. The predicted molar refractivity (Wildman–Crippen MR) is 111 cm³/mol. The van der Waals surface area contributed by atoms with Gasteiger partial charge in [0.1, 0.15) is 11.5 Å². The van der Waals surface area contributed by atoms with Crippen LogP contribution >= 0.6 is 0 Å². The molecule has 1 unspecified atom stereocenters. The molecule has 1 aliphatic heterocycles. The molecule has 1 atom stereocenters. The summed E-state index contributed by atoms with van der Waals surface area (Å²) >= 11 is 0. The first-order valence-corrected chi connectivity index (χ1v) is 9.74. The maximum Gasteiger partial charge on any atom is 0.295 e. The van der Waals surface area contributed by atoms with Gasteiger partial charge < -0.3 is 14.7 Å². The molecule has 0 aliphatic carbocycles. The number of amides is 1. The Labute approximate surface area is 170 Å². The molecular weight excluding hydrogens is 368 g/mol. The number of carbonyl (C=O) groups is 2. The van der Waals surface area contributed by atoms with E-state index in [0.717, 1.165) is 29.5 Å². The van der Waals surface area contributed by atoms with Gasteiger partial charge in [0, 0.05) is 24.5 Å². The summed E-state index contributed by atoms with van der Waals surface area (Å²) in [6, 6.07) is 6.52. The number of nitrogens with zero attached hydrogens (tertiary/aromatic N) is 2. The number of likely N-dealkylation sites (tertiary alicyclic amines) is 1. The molecule has 1 aliphatic rings. The summed E-state index contributed by atoms with van der Waals surface area (Å²) in [5.74, 6) is -0.696. The Bertz CT molecular complexity index is 966. The highest BCUT2D eigenvalue weighted by molar-refractivity contribution is 6.46. The van der Waals surface area contributed by atoms with E-state index in [9.17, 15) is 14.7 Å². The number of aromatic nitrogens is 1. The van der Waals surface area contributed by atoms with Gasteiger partial charge in [-0.1, -0.05) is 13.3 Å². The van der Waals surface area contributed by atoms with Gasteiger partial charge >= 0.3 is 0 Å². The average Bonchev–Trinajstić information content (AvgIpc) is 2.98. The van der Waals surface area contributed by atoms with Gasteiger partial charge in [-0.25, -0.2) is 0 Å². The fourth-order valence-corrected chi connectivity index (χ4v) is 3.74. The van der Waals surface area contributed by atoms with E-state index in [1.165, 1.54) is 0 Å². The first-order valence-electron chi connectivity index (χ1n) is 9.74. The molecule has 0 radical (unpaired) electrons. The Morgan fingerprint density at radius 3 is 2.48 bits per heavy atom. The summed E-state index contributed by atoms with van der Waals surface area (Å²) in [6.45, 7) is 6.19. The van der Waals surface area contributed by atoms with Crippen LogP contribution in [-0.4, -0.2) is 40.3 Å². The molecule has 2 heterocycles. The molecule has 6 nitrogen and oxygen atoms in total. The molecule has 0 bridgehead atoms. The van der Waals surface area contributed by atoms with E-state index in [0.29, 0.717) is 17.9 Å². The number of Topliss-reactive ketones (excluding diaryl/α,β-unsaturated/α-hetero) is 1. The molecule has 1 saturated heterocycles. The lowest BCUT2D eigenvalue weighted by atomic mass is 9.93. The Kier molecular flexibility index (Phi) is 6.01. The van der Waals surface area contributed by atoms with E-state index in [-0.39, 0.29) is 11.3 Å². The van der Waals surface area contributed by atoms with Crippen molar-refractivity contribution in [2.24, 2.45) is 0 Å². The zero-order chi connectivity index (χ0) is 21.1. The van der Waals surface area contributed by atoms with Crippen molar-refractivity contribution in [2.75, 3.05) is 13.7 Å². The molecule has 0 spiro atoms. The second-order valence-corrected chi connectivity index (χ2v) is 7.26. The highest BCUT2D eigenvalue weighted by atomic mass is 16.5. The van der Waals surface area contributed by atoms with Gasteiger partial charge in [-0.15, -0.1) is 0 Å². The lowest BCUT2D eigenvalue weighted by Gasteiger charge is -2.25. The van der Waals surface area contributed by atoms with E-state index >= 15 is 0 Å². The number of aryl methyl sites for hydroxylation is 2. The van der Waals surface area contributed by atoms with Crippen molar-refractivity contribution in [1.82, 2.24) is 9.88 Å². The number of benzene rings is 1. The lowest BCUT2D eigenvalue weighted by Crippen LogP contribution is -2.30. The van der Waals surface area contributed by atoms with Crippen molar-refractivity contribution in [3.63, 3.8) is 0 Å². The van der Waals surface area contributed by atoms with Gasteiger partial charge in [0.2, 0.25) is 0 Å². The lowest BCUT2D eigenvalue weighted by molar-refractivity contribution is -0.139. The third-order valence-corrected chi connectivity index (χ3v) is 5.31. The van der Waals surface area contributed by atoms with Crippen LogP contribution in [0.15, 0.2) is 42.2 Å². The standard InChI is InChI=1S/C23H26N2O4/c1-5-6-11-25-20(16-7-9-24-10-8-16)19(22(27)23(25)28)21(26)17-12-15(3)18(29-4)13-14(17)2/h7-10,12-13,20,26H,5-6,11H2,1-4H3/b21-19+. The SMILES string of the molecule is CCCCN1C(=O)C(=O)/C(=C(/O)c2cc(C)c(OC)cc2C)C1c1ccncc1. The van der Waals surface area contributed by atoms with Crippen LogP contribution in [0.1, 0.15) is 48.1 Å². The fraction of sp³-hybridized carbons (Fsp3) is 0.348. The molecule has 1 fully saturated rings. The van der Waals surface area contributed by atoms with Crippen molar-refractivity contribution in [3.05, 3.63) is 64.5 Å². The molecule has 1 amide bonds. The minimum Gasteiger partial charge on any atom is -0.507 e. The number of pyridine rings is 1. The van der Waals surface area contributed by atoms with Gasteiger partial charge in [-0.3, -0.25) is 14.6 Å². The number of rotatable bonds is 6. The monoisotopic (exact) mass is 394 g/mol. The van der Waals surface area contributed by atoms with Crippen molar-refractivity contribution >= 4 is 17.4 Å². The smallest absolute Gasteiger partial charge is 0.295 e. The second-order valence-electron chi connectivity index (χ2n) is 7.26. The van der Waals surface area contributed by atoms with Crippen LogP contribution in [0.3, 0.4) is 0 Å². The van der Waals surface area contributed by atoms with E-state index in [1.54, 1.807) is 42.6 Å². The number of hydrogen-bond acceptors (Lipinski definition) is 5. The van der Waals surface area contributed by atoms with Crippen LogP contribution in [0, 0.1) is 13.8 Å². The molecule has 6 heteroatoms. The van der Waals surface area contributed by atoms with Crippen molar-refractivity contribution in [3.8, 4) is 5.75 Å². The van der Waals surface area contributed by atoms with E-state index in [1.807, 2.05) is 26.8 Å². The van der Waals surface area contributed by atoms with Crippen LogP contribution in [0.5, 0.6) is 5.75 Å². The summed E-state index contributed by atoms with van der Waals surface area (Å²) in [6.07, 6.45) is 4.91. The molecule has 2 aromatic rings. The van der Waals surface area contributed by atoms with Gasteiger partial charge in [-0.05, 0) is 61.2 Å². The quantitative estimate of drug-likeness (QED) is 0.456. The van der Waals surface area contributed by atoms with Crippen molar-refractivity contribution in [1.29, 1.82) is 0 Å². The number of carbonyl (C=O) groups excluding carboxylic acids is 2. The Hall–Kier alpha value is -3.15. The zero-order valence-electron chi connectivity index (χ0n) is 17.2. The normalized spacial score (nSPS) is 18.3. The van der Waals surface area contributed by atoms with Crippen LogP contribution < -0.4 is 4.74 Å². The third kappa shape index (κ3) is 3.75. The minimum absolute atomic E-state index is 0.116. The van der Waals surface area contributed by atoms with E-state index < -0.39 is 17.7 Å². The molecule has 152 valence electrons. The number of unbranched alkanes of at least 4 members (excludes halogenated alkanes) is 1. The summed E-state index contributed by atoms with van der Waals surface area (Å²) < 4.78 is 5.34. The fourth-order valence-electron chi connectivity index (χ4n) is 3.74. The molecule has 29 heavy (non-hydrogen) atoms. The maximum absolute atomic E-state index is 12.9. The Balaban J connectivity index is 2.20. The molecule has 3 rings (SSSR count). The van der Waals surface area contributed by atoms with Crippen LogP contribution in [0.4, 0.5) is 0 Å². The summed E-state index contributed by atoms with van der Waals surface area (Å²) in [5, 5.41) is 11.2. The summed E-state index contributed by atoms with van der Waals surface area (Å²) in [4.78, 5) is 31.3. The first-order chi connectivity index (χ1) is 13.9. The highest BCUT2D eigenvalue weighted by Gasteiger charge is 2.45. The maximum atomic E-state index is 12.9. The molecule has 0 saturated carbocycles. The number of aliphatic hydroxyl groups is 1. The van der Waals surface area contributed by atoms with Gasteiger partial charge in [0.15, 0.2) is 0 Å². The number of ether oxygens (including phenoxy) is 1. The first kappa shape index (κ1) is 20.6. The number of hydrogen-bond donors (Lipinski definition) is 1. The topological polar surface area (TPSA) is 79.7 Å².